The number of fused-ring (bicyclic) bond motifs is 1. The van der Waals surface area contributed by atoms with E-state index in [1.165, 1.54) is 5.56 Å². The quantitative estimate of drug-likeness (QED) is 0.750. The maximum absolute atomic E-state index is 5.74. The highest BCUT2D eigenvalue weighted by Crippen LogP contribution is 2.32. The highest BCUT2D eigenvalue weighted by molar-refractivity contribution is 5.57. The van der Waals surface area contributed by atoms with E-state index in [0.29, 0.717) is 0 Å². The Morgan fingerprint density at radius 2 is 2.13 bits per heavy atom. The van der Waals surface area contributed by atoms with E-state index in [9.17, 15) is 0 Å². The average Bonchev–Trinajstić information content (AvgIpc) is 2.28. The van der Waals surface area contributed by atoms with Gasteiger partial charge in [-0.3, -0.25) is 0 Å². The predicted octanol–water partition coefficient (Wildman–Crippen LogP) is 3.50. The highest BCUT2D eigenvalue weighted by Gasteiger charge is 2.20. The van der Waals surface area contributed by atoms with Crippen molar-refractivity contribution in [3.8, 4) is 0 Å². The molecule has 2 rings (SSSR count). The second kappa shape index (κ2) is 4.49. The van der Waals surface area contributed by atoms with Gasteiger partial charge in [-0.15, -0.1) is 0 Å². The molecule has 15 heavy (non-hydrogen) atoms. The third-order valence-electron chi connectivity index (χ3n) is 2.54. The zero-order chi connectivity index (χ0) is 10.7. The zero-order valence-corrected chi connectivity index (χ0v) is 9.19. The van der Waals surface area contributed by atoms with Crippen LogP contribution in [0, 0.1) is 0 Å². The summed E-state index contributed by atoms with van der Waals surface area (Å²) >= 11 is 0. The maximum Gasteiger partial charge on any atom is 0.226 e. The Labute approximate surface area is 90.5 Å². The molecule has 0 radical (unpaired) electrons. The molecule has 1 unspecified atom stereocenters. The molecule has 1 heterocycles. The van der Waals surface area contributed by atoms with Crippen LogP contribution in [0.2, 0.25) is 0 Å². The fraction of sp³-hybridized carbons (Fsp3) is 0.385. The second-order valence-electron chi connectivity index (χ2n) is 3.68. The van der Waals surface area contributed by atoms with Crippen molar-refractivity contribution in [2.75, 3.05) is 7.11 Å². The number of methoxy groups -OCH3 is 1. The van der Waals surface area contributed by atoms with Crippen molar-refractivity contribution in [2.24, 2.45) is 0 Å². The van der Waals surface area contributed by atoms with Gasteiger partial charge in [-0.25, -0.2) is 0 Å². The van der Waals surface area contributed by atoms with Gasteiger partial charge in [0.2, 0.25) is 6.29 Å². The summed E-state index contributed by atoms with van der Waals surface area (Å²) in [7, 11) is 1.68. The third-order valence-corrected chi connectivity index (χ3v) is 2.54. The predicted molar refractivity (Wildman–Crippen MR) is 60.2 cm³/mol. The number of rotatable bonds is 3. The van der Waals surface area contributed by atoms with Gasteiger partial charge in [0.05, 0.1) is 0 Å². The standard InChI is InChI=1S/C13H16O2/c1-3-6-11-9-10-7-4-5-8-12(10)13(14-2)15-11/h4-5,7-9,13H,3,6H2,1-2H3. The van der Waals surface area contributed by atoms with Crippen molar-refractivity contribution >= 4 is 6.08 Å². The molecule has 0 bridgehead atoms. The minimum atomic E-state index is -0.243. The summed E-state index contributed by atoms with van der Waals surface area (Å²) in [5.74, 6) is 1.02. The summed E-state index contributed by atoms with van der Waals surface area (Å²) in [5.41, 5.74) is 2.32. The first-order chi connectivity index (χ1) is 7.35. The minimum absolute atomic E-state index is 0.243. The molecule has 0 spiro atoms. The first-order valence-corrected chi connectivity index (χ1v) is 5.34. The van der Waals surface area contributed by atoms with Crippen molar-refractivity contribution in [2.45, 2.75) is 26.1 Å². The minimum Gasteiger partial charge on any atom is -0.465 e. The lowest BCUT2D eigenvalue weighted by atomic mass is 10.0. The van der Waals surface area contributed by atoms with Gasteiger partial charge in [0.25, 0.3) is 0 Å². The first-order valence-electron chi connectivity index (χ1n) is 5.34. The molecule has 2 heteroatoms. The molecule has 1 aliphatic heterocycles. The fourth-order valence-electron chi connectivity index (χ4n) is 1.82. The van der Waals surface area contributed by atoms with Gasteiger partial charge in [0.1, 0.15) is 5.76 Å². The van der Waals surface area contributed by atoms with E-state index < -0.39 is 0 Å². The van der Waals surface area contributed by atoms with Crippen molar-refractivity contribution < 1.29 is 9.47 Å². The topological polar surface area (TPSA) is 18.5 Å². The molecule has 1 aliphatic rings. The van der Waals surface area contributed by atoms with Crippen LogP contribution in [0.25, 0.3) is 6.08 Å². The van der Waals surface area contributed by atoms with Gasteiger partial charge in [-0.1, -0.05) is 31.2 Å². The fourth-order valence-corrected chi connectivity index (χ4v) is 1.82. The molecule has 0 saturated heterocycles. The van der Waals surface area contributed by atoms with Gasteiger partial charge < -0.3 is 9.47 Å². The van der Waals surface area contributed by atoms with E-state index in [1.54, 1.807) is 7.11 Å². The molecule has 1 atom stereocenters. The number of hydrogen-bond donors (Lipinski definition) is 0. The van der Waals surface area contributed by atoms with Crippen LogP contribution in [-0.4, -0.2) is 7.11 Å². The highest BCUT2D eigenvalue weighted by atomic mass is 16.7. The Morgan fingerprint density at radius 1 is 1.33 bits per heavy atom. The Hall–Kier alpha value is -1.28. The van der Waals surface area contributed by atoms with Gasteiger partial charge in [0, 0.05) is 19.1 Å². The molecule has 2 nitrogen and oxygen atoms in total. The van der Waals surface area contributed by atoms with Gasteiger partial charge >= 0.3 is 0 Å². The number of allylic oxidation sites excluding steroid dienone is 1. The van der Waals surface area contributed by atoms with Crippen molar-refractivity contribution in [1.29, 1.82) is 0 Å². The molecule has 0 amide bonds. The largest absolute Gasteiger partial charge is 0.465 e. The first kappa shape index (κ1) is 10.2. The molecule has 1 aromatic carbocycles. The van der Waals surface area contributed by atoms with E-state index in [2.05, 4.69) is 19.1 Å². The van der Waals surface area contributed by atoms with Crippen LogP contribution in [0.15, 0.2) is 30.0 Å². The zero-order valence-electron chi connectivity index (χ0n) is 9.19. The number of ether oxygens (including phenoxy) is 2. The van der Waals surface area contributed by atoms with Crippen LogP contribution < -0.4 is 0 Å². The van der Waals surface area contributed by atoms with Crippen molar-refractivity contribution in [3.05, 3.63) is 41.2 Å². The van der Waals surface area contributed by atoms with Crippen molar-refractivity contribution in [3.63, 3.8) is 0 Å². The monoisotopic (exact) mass is 204 g/mol. The lowest BCUT2D eigenvalue weighted by Crippen LogP contribution is -2.12. The number of benzene rings is 1. The number of hydrogen-bond acceptors (Lipinski definition) is 2. The summed E-state index contributed by atoms with van der Waals surface area (Å²) < 4.78 is 11.1. The molecule has 0 saturated carbocycles. The van der Waals surface area contributed by atoms with Crippen LogP contribution in [0.3, 0.4) is 0 Å². The molecular formula is C13H16O2. The lowest BCUT2D eigenvalue weighted by molar-refractivity contribution is -0.101. The van der Waals surface area contributed by atoms with E-state index in [4.69, 9.17) is 9.47 Å². The van der Waals surface area contributed by atoms with E-state index in [1.807, 2.05) is 18.2 Å². The molecule has 1 aromatic rings. The summed E-state index contributed by atoms with van der Waals surface area (Å²) in [6.07, 6.45) is 3.92. The van der Waals surface area contributed by atoms with Gasteiger partial charge in [-0.2, -0.15) is 0 Å². The summed E-state index contributed by atoms with van der Waals surface area (Å²) in [6.45, 7) is 2.15. The van der Waals surface area contributed by atoms with Crippen LogP contribution in [0.1, 0.15) is 37.2 Å². The van der Waals surface area contributed by atoms with Crippen LogP contribution in [0.5, 0.6) is 0 Å². The van der Waals surface area contributed by atoms with Gasteiger partial charge in [-0.05, 0) is 18.1 Å². The molecule has 0 N–H and O–H groups in total. The second-order valence-corrected chi connectivity index (χ2v) is 3.68. The van der Waals surface area contributed by atoms with Crippen LogP contribution >= 0.6 is 0 Å². The molecule has 0 fully saturated rings. The normalized spacial score (nSPS) is 19.1. The van der Waals surface area contributed by atoms with Crippen LogP contribution in [0.4, 0.5) is 0 Å². The molecule has 0 aromatic heterocycles. The average molecular weight is 204 g/mol. The summed E-state index contributed by atoms with van der Waals surface area (Å²) in [5, 5.41) is 0. The van der Waals surface area contributed by atoms with E-state index in [-0.39, 0.29) is 6.29 Å². The third kappa shape index (κ3) is 2.05. The SMILES string of the molecule is CCCC1=Cc2ccccc2C(OC)O1. The Bertz CT molecular complexity index is 369. The Morgan fingerprint density at radius 3 is 2.87 bits per heavy atom. The molecule has 0 aliphatic carbocycles. The van der Waals surface area contributed by atoms with E-state index in [0.717, 1.165) is 24.2 Å². The maximum atomic E-state index is 5.74. The van der Waals surface area contributed by atoms with Gasteiger partial charge in [0.15, 0.2) is 0 Å². The lowest BCUT2D eigenvalue weighted by Gasteiger charge is -2.25. The molecular weight excluding hydrogens is 188 g/mol. The Balaban J connectivity index is 2.34. The van der Waals surface area contributed by atoms with Crippen molar-refractivity contribution in [1.82, 2.24) is 0 Å². The van der Waals surface area contributed by atoms with Crippen LogP contribution in [-0.2, 0) is 9.47 Å². The summed E-state index contributed by atoms with van der Waals surface area (Å²) in [6, 6.07) is 8.19. The summed E-state index contributed by atoms with van der Waals surface area (Å²) in [4.78, 5) is 0. The van der Waals surface area contributed by atoms with E-state index >= 15 is 0 Å². The Kier molecular flexibility index (Phi) is 3.07. The molecule has 80 valence electrons. The smallest absolute Gasteiger partial charge is 0.226 e.